The molecule has 2 aromatic rings. The van der Waals surface area contributed by atoms with Crippen LogP contribution in [0.3, 0.4) is 0 Å². The maximum absolute atomic E-state index is 12.8. The molecule has 7 nitrogen and oxygen atoms in total. The van der Waals surface area contributed by atoms with Gasteiger partial charge in [0.2, 0.25) is 15.9 Å². The molecule has 8 heteroatoms. The minimum absolute atomic E-state index is 0.236. The highest BCUT2D eigenvalue weighted by molar-refractivity contribution is 7.92. The normalized spacial score (nSPS) is 15.9. The van der Waals surface area contributed by atoms with Gasteiger partial charge in [0.1, 0.15) is 11.9 Å². The highest BCUT2D eigenvalue weighted by atomic mass is 32.2. The highest BCUT2D eigenvalue weighted by Crippen LogP contribution is 2.19. The van der Waals surface area contributed by atoms with Crippen LogP contribution in [0.15, 0.2) is 54.1 Å². The Morgan fingerprint density at radius 3 is 2.39 bits per heavy atom. The van der Waals surface area contributed by atoms with Gasteiger partial charge < -0.3 is 10.2 Å². The predicted molar refractivity (Wildman–Crippen MR) is 125 cm³/mol. The number of nitrogens with one attached hydrogen (secondary N) is 2. The van der Waals surface area contributed by atoms with Crippen LogP contribution in [-0.4, -0.2) is 38.4 Å². The van der Waals surface area contributed by atoms with Gasteiger partial charge in [0.25, 0.3) is 0 Å². The highest BCUT2D eigenvalue weighted by Gasteiger charge is 2.26. The fourth-order valence-corrected chi connectivity index (χ4v) is 4.58. The van der Waals surface area contributed by atoms with E-state index in [0.29, 0.717) is 5.69 Å². The summed E-state index contributed by atoms with van der Waals surface area (Å²) in [6, 6.07) is 11.9. The number of nitrogens with zero attached hydrogens (tertiary/aromatic N) is 2. The number of carbonyl (C=O) groups excluding carboxylic acids is 1. The number of benzene rings is 1. The smallest absolute Gasteiger partial charge is 0.242 e. The van der Waals surface area contributed by atoms with Crippen LogP contribution in [0.25, 0.3) is 6.08 Å². The molecule has 0 aliphatic carbocycles. The van der Waals surface area contributed by atoms with Gasteiger partial charge in [-0.2, -0.15) is 4.72 Å². The Morgan fingerprint density at radius 1 is 1.06 bits per heavy atom. The molecule has 0 bridgehead atoms. The number of aromatic nitrogens is 1. The van der Waals surface area contributed by atoms with E-state index in [1.807, 2.05) is 24.3 Å². The standard InChI is InChI=1S/C23H30N4O3S/c1-18(2)22(26-31(29,30)16-13-19-9-5-3-6-10-19)23(28)25-20-11-12-21(24-17-20)27-14-7-4-8-15-27/h3,5-6,9-13,16-18,22,26H,4,7-8,14-15H2,1-2H3,(H,25,28)/b16-13+/t22-/m0/s1. The minimum atomic E-state index is -3.80. The van der Waals surface area contributed by atoms with E-state index in [4.69, 9.17) is 0 Å². The molecule has 1 amide bonds. The monoisotopic (exact) mass is 442 g/mol. The van der Waals surface area contributed by atoms with Gasteiger partial charge in [-0.25, -0.2) is 13.4 Å². The third-order valence-corrected chi connectivity index (χ3v) is 6.25. The Labute approximate surface area is 184 Å². The summed E-state index contributed by atoms with van der Waals surface area (Å²) >= 11 is 0. The molecule has 0 spiro atoms. The third-order valence-electron chi connectivity index (χ3n) is 5.18. The maximum atomic E-state index is 12.8. The average molecular weight is 443 g/mol. The van der Waals surface area contributed by atoms with Crippen molar-refractivity contribution in [2.75, 3.05) is 23.3 Å². The molecule has 2 N–H and O–H groups in total. The zero-order valence-corrected chi connectivity index (χ0v) is 18.8. The lowest BCUT2D eigenvalue weighted by molar-refractivity contribution is -0.118. The van der Waals surface area contributed by atoms with Crippen molar-refractivity contribution in [1.29, 1.82) is 0 Å². The van der Waals surface area contributed by atoms with Gasteiger partial charge in [-0.15, -0.1) is 0 Å². The van der Waals surface area contributed by atoms with Gasteiger partial charge in [-0.05, 0) is 49.0 Å². The van der Waals surface area contributed by atoms with Crippen LogP contribution in [0.1, 0.15) is 38.7 Å². The van der Waals surface area contributed by atoms with Crippen LogP contribution >= 0.6 is 0 Å². The molecule has 1 aliphatic rings. The van der Waals surface area contributed by atoms with E-state index in [2.05, 4.69) is 19.9 Å². The largest absolute Gasteiger partial charge is 0.357 e. The first-order chi connectivity index (χ1) is 14.8. The minimum Gasteiger partial charge on any atom is -0.357 e. The van der Waals surface area contributed by atoms with Crippen LogP contribution < -0.4 is 14.9 Å². The van der Waals surface area contributed by atoms with Gasteiger partial charge in [-0.3, -0.25) is 4.79 Å². The molecule has 1 atom stereocenters. The number of amides is 1. The lowest BCUT2D eigenvalue weighted by atomic mass is 10.1. The molecule has 166 valence electrons. The van der Waals surface area contributed by atoms with Gasteiger partial charge in [0.05, 0.1) is 11.9 Å². The van der Waals surface area contributed by atoms with Crippen molar-refractivity contribution in [2.45, 2.75) is 39.2 Å². The van der Waals surface area contributed by atoms with Gasteiger partial charge in [0.15, 0.2) is 0 Å². The van der Waals surface area contributed by atoms with Crippen molar-refractivity contribution >= 4 is 33.5 Å². The second-order valence-corrected chi connectivity index (χ2v) is 9.64. The zero-order valence-electron chi connectivity index (χ0n) is 18.0. The second kappa shape index (κ2) is 10.5. The maximum Gasteiger partial charge on any atom is 0.242 e. The number of hydrogen-bond acceptors (Lipinski definition) is 5. The Balaban J connectivity index is 1.64. The van der Waals surface area contributed by atoms with Crippen molar-refractivity contribution in [3.63, 3.8) is 0 Å². The molecular formula is C23H30N4O3S. The second-order valence-electron chi connectivity index (χ2n) is 8.04. The number of sulfonamides is 1. The van der Waals surface area contributed by atoms with Crippen molar-refractivity contribution < 1.29 is 13.2 Å². The average Bonchev–Trinajstić information content (AvgIpc) is 2.78. The summed E-state index contributed by atoms with van der Waals surface area (Å²) in [6.07, 6.45) is 6.69. The Morgan fingerprint density at radius 2 is 1.77 bits per heavy atom. The Bertz CT molecular complexity index is 983. The summed E-state index contributed by atoms with van der Waals surface area (Å²) in [5, 5.41) is 3.86. The lowest BCUT2D eigenvalue weighted by Gasteiger charge is -2.27. The van der Waals surface area contributed by atoms with Crippen molar-refractivity contribution in [2.24, 2.45) is 5.92 Å². The summed E-state index contributed by atoms with van der Waals surface area (Å²) in [6.45, 7) is 5.58. The topological polar surface area (TPSA) is 91.4 Å². The van der Waals surface area contributed by atoms with Crippen LogP contribution in [0.2, 0.25) is 0 Å². The summed E-state index contributed by atoms with van der Waals surface area (Å²) in [7, 11) is -3.80. The van der Waals surface area contributed by atoms with E-state index in [1.165, 1.54) is 12.5 Å². The van der Waals surface area contributed by atoms with E-state index in [9.17, 15) is 13.2 Å². The number of hydrogen-bond donors (Lipinski definition) is 2. The molecule has 1 aromatic carbocycles. The molecule has 0 radical (unpaired) electrons. The first-order valence-electron chi connectivity index (χ1n) is 10.6. The molecule has 31 heavy (non-hydrogen) atoms. The van der Waals surface area contributed by atoms with E-state index in [1.54, 1.807) is 38.2 Å². The number of piperidine rings is 1. The number of carbonyl (C=O) groups is 1. The molecule has 1 fully saturated rings. The van der Waals surface area contributed by atoms with E-state index in [-0.39, 0.29) is 5.92 Å². The van der Waals surface area contributed by atoms with E-state index < -0.39 is 22.0 Å². The molecule has 2 heterocycles. The molecule has 1 aromatic heterocycles. The zero-order chi connectivity index (χ0) is 22.3. The van der Waals surface area contributed by atoms with Gasteiger partial charge >= 0.3 is 0 Å². The van der Waals surface area contributed by atoms with Crippen LogP contribution in [0.4, 0.5) is 11.5 Å². The lowest BCUT2D eigenvalue weighted by Crippen LogP contribution is -2.46. The number of rotatable bonds is 8. The fourth-order valence-electron chi connectivity index (χ4n) is 3.43. The van der Waals surface area contributed by atoms with E-state index in [0.717, 1.165) is 42.7 Å². The number of anilines is 2. The Hall–Kier alpha value is -2.71. The Kier molecular flexibility index (Phi) is 7.81. The van der Waals surface area contributed by atoms with Crippen molar-refractivity contribution in [1.82, 2.24) is 9.71 Å². The molecule has 1 saturated heterocycles. The van der Waals surface area contributed by atoms with E-state index >= 15 is 0 Å². The molecule has 0 unspecified atom stereocenters. The molecule has 0 saturated carbocycles. The summed E-state index contributed by atoms with van der Waals surface area (Å²) in [5.41, 5.74) is 1.30. The third kappa shape index (κ3) is 6.90. The molecule has 3 rings (SSSR count). The summed E-state index contributed by atoms with van der Waals surface area (Å²) in [5.74, 6) is 0.240. The molecule has 1 aliphatic heterocycles. The SMILES string of the molecule is CC(C)[C@H](NS(=O)(=O)/C=C/c1ccccc1)C(=O)Nc1ccc(N2CCCCC2)nc1. The number of pyridine rings is 1. The van der Waals surface area contributed by atoms with Gasteiger partial charge in [-0.1, -0.05) is 44.2 Å². The van der Waals surface area contributed by atoms with Crippen LogP contribution in [0.5, 0.6) is 0 Å². The quantitative estimate of drug-likeness (QED) is 0.651. The first kappa shape index (κ1) is 23.0. The summed E-state index contributed by atoms with van der Waals surface area (Å²) < 4.78 is 27.5. The summed E-state index contributed by atoms with van der Waals surface area (Å²) in [4.78, 5) is 19.5. The fraction of sp³-hybridized carbons (Fsp3) is 0.391. The van der Waals surface area contributed by atoms with Crippen molar-refractivity contribution in [3.05, 3.63) is 59.6 Å². The van der Waals surface area contributed by atoms with Crippen LogP contribution in [0, 0.1) is 5.92 Å². The molecular weight excluding hydrogens is 412 g/mol. The van der Waals surface area contributed by atoms with Crippen LogP contribution in [-0.2, 0) is 14.8 Å². The van der Waals surface area contributed by atoms with Gasteiger partial charge in [0, 0.05) is 18.5 Å². The first-order valence-corrected chi connectivity index (χ1v) is 12.2. The predicted octanol–water partition coefficient (Wildman–Crippen LogP) is 3.63. The van der Waals surface area contributed by atoms with Crippen molar-refractivity contribution in [3.8, 4) is 0 Å².